The Hall–Kier alpha value is -0.860. The molecule has 3 N–H and O–H groups in total. The zero-order valence-corrected chi connectivity index (χ0v) is 9.37. The number of hydrogen-bond acceptors (Lipinski definition) is 2. The maximum atomic E-state index is 5.58. The molecule has 0 radical (unpaired) electrons. The van der Waals surface area contributed by atoms with Gasteiger partial charge in [-0.15, -0.1) is 0 Å². The molecule has 0 amide bonds. The van der Waals surface area contributed by atoms with Crippen LogP contribution in [0.15, 0.2) is 24.3 Å². The number of benzene rings is 1. The second-order valence-corrected chi connectivity index (χ2v) is 4.59. The van der Waals surface area contributed by atoms with Crippen molar-refractivity contribution in [3.63, 3.8) is 0 Å². The molecule has 0 saturated heterocycles. The summed E-state index contributed by atoms with van der Waals surface area (Å²) in [6.07, 6.45) is 2.45. The summed E-state index contributed by atoms with van der Waals surface area (Å²) >= 11 is 0. The first-order valence-corrected chi connectivity index (χ1v) is 5.80. The van der Waals surface area contributed by atoms with Gasteiger partial charge in [-0.25, -0.2) is 0 Å². The number of fused-ring (bicyclic) bond motifs is 1. The topological polar surface area (TPSA) is 38.0 Å². The second-order valence-electron chi connectivity index (χ2n) is 4.59. The molecule has 0 aliphatic heterocycles. The lowest BCUT2D eigenvalue weighted by Gasteiger charge is -2.15. The van der Waals surface area contributed by atoms with Crippen molar-refractivity contribution >= 4 is 0 Å². The highest BCUT2D eigenvalue weighted by Crippen LogP contribution is 2.25. The van der Waals surface area contributed by atoms with Crippen molar-refractivity contribution in [1.29, 1.82) is 0 Å². The molecule has 2 heteroatoms. The fourth-order valence-corrected chi connectivity index (χ4v) is 2.25. The molecule has 0 unspecified atom stereocenters. The lowest BCUT2D eigenvalue weighted by atomic mass is 10.1. The number of nitrogens with two attached hydrogens (primary N) is 1. The zero-order chi connectivity index (χ0) is 10.7. The first kappa shape index (κ1) is 10.7. The average Bonchev–Trinajstić information content (AvgIpc) is 2.68. The molecule has 0 fully saturated rings. The van der Waals surface area contributed by atoms with E-state index in [1.165, 1.54) is 24.0 Å². The summed E-state index contributed by atoms with van der Waals surface area (Å²) in [5.74, 6) is 0.761. The van der Waals surface area contributed by atoms with Gasteiger partial charge in [-0.1, -0.05) is 24.3 Å². The minimum absolute atomic E-state index is 0.439. The van der Waals surface area contributed by atoms with Gasteiger partial charge >= 0.3 is 0 Å². The minimum Gasteiger partial charge on any atom is -0.329 e. The van der Waals surface area contributed by atoms with Crippen molar-refractivity contribution in [3.05, 3.63) is 35.4 Å². The summed E-state index contributed by atoms with van der Waals surface area (Å²) in [6, 6.07) is 9.21. The summed E-state index contributed by atoms with van der Waals surface area (Å²) in [4.78, 5) is 0. The van der Waals surface area contributed by atoms with Crippen LogP contribution in [0.1, 0.15) is 18.1 Å². The monoisotopic (exact) mass is 204 g/mol. The minimum atomic E-state index is 0.439. The molecule has 1 atom stereocenters. The van der Waals surface area contributed by atoms with Crippen LogP contribution in [0.2, 0.25) is 0 Å². The summed E-state index contributed by atoms with van der Waals surface area (Å²) < 4.78 is 0. The lowest BCUT2D eigenvalue weighted by molar-refractivity contribution is 0.454. The lowest BCUT2D eigenvalue weighted by Crippen LogP contribution is -2.36. The first-order valence-electron chi connectivity index (χ1n) is 5.80. The molecule has 0 spiro atoms. The van der Waals surface area contributed by atoms with Gasteiger partial charge in [0.25, 0.3) is 0 Å². The van der Waals surface area contributed by atoms with Crippen LogP contribution >= 0.6 is 0 Å². The van der Waals surface area contributed by atoms with Crippen LogP contribution in [0.5, 0.6) is 0 Å². The number of nitrogens with one attached hydrogen (secondary N) is 1. The van der Waals surface area contributed by atoms with Crippen LogP contribution in [-0.2, 0) is 12.8 Å². The van der Waals surface area contributed by atoms with E-state index in [2.05, 4.69) is 36.5 Å². The SMILES string of the molecule is C[C@H](CN)NCC1Cc2ccccc2C1. The van der Waals surface area contributed by atoms with Crippen LogP contribution in [0, 0.1) is 5.92 Å². The van der Waals surface area contributed by atoms with Crippen molar-refractivity contribution in [1.82, 2.24) is 5.32 Å². The molecule has 1 aromatic carbocycles. The highest BCUT2D eigenvalue weighted by molar-refractivity contribution is 5.32. The van der Waals surface area contributed by atoms with Gasteiger partial charge in [0.2, 0.25) is 0 Å². The van der Waals surface area contributed by atoms with Crippen LogP contribution in [0.25, 0.3) is 0 Å². The molecule has 0 saturated carbocycles. The largest absolute Gasteiger partial charge is 0.329 e. The summed E-state index contributed by atoms with van der Waals surface area (Å²) in [5.41, 5.74) is 8.64. The van der Waals surface area contributed by atoms with E-state index in [1.807, 2.05) is 0 Å². The molecule has 0 bridgehead atoms. The van der Waals surface area contributed by atoms with Crippen molar-refractivity contribution in [2.45, 2.75) is 25.8 Å². The number of rotatable bonds is 4. The molecule has 1 aliphatic rings. The van der Waals surface area contributed by atoms with Crippen LogP contribution < -0.4 is 11.1 Å². The Labute approximate surface area is 91.9 Å². The Morgan fingerprint density at radius 1 is 1.33 bits per heavy atom. The van der Waals surface area contributed by atoms with E-state index in [0.29, 0.717) is 6.04 Å². The number of hydrogen-bond donors (Lipinski definition) is 2. The molecule has 1 aliphatic carbocycles. The molecule has 82 valence electrons. The van der Waals surface area contributed by atoms with E-state index in [-0.39, 0.29) is 0 Å². The Morgan fingerprint density at radius 2 is 1.93 bits per heavy atom. The van der Waals surface area contributed by atoms with Crippen LogP contribution in [-0.4, -0.2) is 19.1 Å². The van der Waals surface area contributed by atoms with Crippen molar-refractivity contribution in [2.24, 2.45) is 11.7 Å². The van der Waals surface area contributed by atoms with E-state index in [4.69, 9.17) is 5.73 Å². The van der Waals surface area contributed by atoms with E-state index in [1.54, 1.807) is 0 Å². The molecule has 2 rings (SSSR count). The normalized spacial score (nSPS) is 17.7. The van der Waals surface area contributed by atoms with Crippen molar-refractivity contribution in [2.75, 3.05) is 13.1 Å². The van der Waals surface area contributed by atoms with Crippen LogP contribution in [0.3, 0.4) is 0 Å². The summed E-state index contributed by atoms with van der Waals surface area (Å²) in [5, 5.41) is 3.48. The highest BCUT2D eigenvalue weighted by Gasteiger charge is 2.20. The molecular weight excluding hydrogens is 184 g/mol. The Kier molecular flexibility index (Phi) is 3.39. The van der Waals surface area contributed by atoms with Gasteiger partial charge in [-0.2, -0.15) is 0 Å². The summed E-state index contributed by atoms with van der Waals surface area (Å²) in [7, 11) is 0. The van der Waals surface area contributed by atoms with Gasteiger partial charge in [0.05, 0.1) is 0 Å². The third-order valence-corrected chi connectivity index (χ3v) is 3.24. The quantitative estimate of drug-likeness (QED) is 0.776. The van der Waals surface area contributed by atoms with Gasteiger partial charge < -0.3 is 11.1 Å². The van der Waals surface area contributed by atoms with Gasteiger partial charge in [-0.3, -0.25) is 0 Å². The van der Waals surface area contributed by atoms with Crippen molar-refractivity contribution < 1.29 is 0 Å². The molecule has 0 heterocycles. The third-order valence-electron chi connectivity index (χ3n) is 3.24. The van der Waals surface area contributed by atoms with Crippen molar-refractivity contribution in [3.8, 4) is 0 Å². The second kappa shape index (κ2) is 4.77. The zero-order valence-electron chi connectivity index (χ0n) is 9.37. The van der Waals surface area contributed by atoms with Gasteiger partial charge in [0.15, 0.2) is 0 Å². The predicted molar refractivity (Wildman–Crippen MR) is 63.9 cm³/mol. The maximum Gasteiger partial charge on any atom is 0.0162 e. The smallest absolute Gasteiger partial charge is 0.0162 e. The molecule has 15 heavy (non-hydrogen) atoms. The fourth-order valence-electron chi connectivity index (χ4n) is 2.25. The fraction of sp³-hybridized carbons (Fsp3) is 0.538. The van der Waals surface area contributed by atoms with Gasteiger partial charge in [-0.05, 0) is 43.4 Å². The Balaban J connectivity index is 1.85. The standard InChI is InChI=1S/C13H20N2/c1-10(8-14)15-9-11-6-12-4-2-3-5-13(12)7-11/h2-5,10-11,15H,6-9,14H2,1H3/t10-/m1/s1. The predicted octanol–water partition coefficient (Wildman–Crippen LogP) is 1.34. The van der Waals surface area contributed by atoms with E-state index >= 15 is 0 Å². The summed E-state index contributed by atoms with van der Waals surface area (Å²) in [6.45, 7) is 3.95. The molecule has 1 aromatic rings. The third kappa shape index (κ3) is 2.58. The highest BCUT2D eigenvalue weighted by atomic mass is 14.9. The van der Waals surface area contributed by atoms with E-state index in [0.717, 1.165) is 19.0 Å². The Morgan fingerprint density at radius 3 is 2.47 bits per heavy atom. The molecule has 0 aromatic heterocycles. The Bertz CT molecular complexity index is 297. The average molecular weight is 204 g/mol. The first-order chi connectivity index (χ1) is 7.29. The maximum absolute atomic E-state index is 5.58. The van der Waals surface area contributed by atoms with Gasteiger partial charge in [0.1, 0.15) is 0 Å². The van der Waals surface area contributed by atoms with Gasteiger partial charge in [0, 0.05) is 12.6 Å². The van der Waals surface area contributed by atoms with E-state index < -0.39 is 0 Å². The molecule has 2 nitrogen and oxygen atoms in total. The molecular formula is C13H20N2. The van der Waals surface area contributed by atoms with E-state index in [9.17, 15) is 0 Å². The van der Waals surface area contributed by atoms with Crippen LogP contribution in [0.4, 0.5) is 0 Å².